The number of aromatic nitrogens is 1. The zero-order chi connectivity index (χ0) is 26.4. The van der Waals surface area contributed by atoms with Crippen molar-refractivity contribution in [2.45, 2.75) is 56.8 Å². The Hall–Kier alpha value is -2.38. The Morgan fingerprint density at radius 1 is 1.11 bits per heavy atom. The quantitative estimate of drug-likeness (QED) is 0.432. The number of ether oxygens (including phenoxy) is 1. The first-order chi connectivity index (χ1) is 18.4. The molecule has 7 rings (SSSR count). The first kappa shape index (κ1) is 25.9. The lowest BCUT2D eigenvalue weighted by molar-refractivity contribution is -0.0562. The van der Waals surface area contributed by atoms with Crippen molar-refractivity contribution in [1.29, 1.82) is 0 Å². The van der Waals surface area contributed by atoms with Gasteiger partial charge in [-0.25, -0.2) is 4.98 Å². The summed E-state index contributed by atoms with van der Waals surface area (Å²) in [6.07, 6.45) is 4.10. The second-order valence-corrected chi connectivity index (χ2v) is 11.9. The molecule has 5 heterocycles. The number of anilines is 1. The Bertz CT molecular complexity index is 1290. The average Bonchev–Trinajstić information content (AvgIpc) is 2.96. The molecule has 6 nitrogen and oxygen atoms in total. The van der Waals surface area contributed by atoms with Crippen molar-refractivity contribution >= 4 is 28.3 Å². The number of hydrogen-bond donors (Lipinski definition) is 2. The maximum Gasteiger partial charge on any atom is 0.129 e. The topological polar surface area (TPSA) is 69.1 Å². The number of pyridine rings is 1. The van der Waals surface area contributed by atoms with Crippen molar-refractivity contribution in [3.8, 4) is 5.75 Å². The predicted molar refractivity (Wildman–Crippen MR) is 152 cm³/mol. The average molecular weight is 536 g/mol. The van der Waals surface area contributed by atoms with Crippen molar-refractivity contribution < 1.29 is 14.9 Å². The summed E-state index contributed by atoms with van der Waals surface area (Å²) in [5.74, 6) is 3.06. The number of aliphatic hydroxyl groups excluding tert-OH is 1. The number of benzene rings is 2. The minimum atomic E-state index is -0.877. The van der Waals surface area contributed by atoms with E-state index in [9.17, 15) is 10.2 Å². The van der Waals surface area contributed by atoms with Gasteiger partial charge in [0.05, 0.1) is 24.3 Å². The third-order valence-electron chi connectivity index (χ3n) is 9.47. The van der Waals surface area contributed by atoms with Crippen LogP contribution in [0.2, 0.25) is 5.02 Å². The van der Waals surface area contributed by atoms with E-state index in [1.54, 1.807) is 7.11 Å². The predicted octanol–water partition coefficient (Wildman–Crippen LogP) is 5.54. The molecule has 7 heteroatoms. The molecule has 0 aliphatic carbocycles. The van der Waals surface area contributed by atoms with Gasteiger partial charge in [0, 0.05) is 36.1 Å². The molecule has 0 radical (unpaired) electrons. The molecular weight excluding hydrogens is 498 g/mol. The zero-order valence-corrected chi connectivity index (χ0v) is 23.1. The number of rotatable bonds is 6. The molecule has 2 unspecified atom stereocenters. The van der Waals surface area contributed by atoms with Gasteiger partial charge in [0.2, 0.25) is 0 Å². The van der Waals surface area contributed by atoms with Crippen LogP contribution in [0.15, 0.2) is 48.5 Å². The normalized spacial score (nSPS) is 27.4. The molecule has 2 aromatic carbocycles. The Morgan fingerprint density at radius 3 is 2.53 bits per heavy atom. The first-order valence-corrected chi connectivity index (χ1v) is 14.4. The molecule has 2 N–H and O–H groups in total. The van der Waals surface area contributed by atoms with E-state index in [1.807, 2.05) is 42.5 Å². The van der Waals surface area contributed by atoms with E-state index in [-0.39, 0.29) is 6.04 Å². The van der Waals surface area contributed by atoms with Crippen LogP contribution in [-0.4, -0.2) is 59.4 Å². The van der Waals surface area contributed by atoms with Gasteiger partial charge < -0.3 is 19.8 Å². The van der Waals surface area contributed by atoms with Crippen LogP contribution in [0, 0.1) is 11.8 Å². The van der Waals surface area contributed by atoms with Gasteiger partial charge in [-0.3, -0.25) is 4.90 Å². The molecule has 0 spiro atoms. The summed E-state index contributed by atoms with van der Waals surface area (Å²) in [7, 11) is 1.67. The van der Waals surface area contributed by atoms with Crippen LogP contribution in [0.3, 0.4) is 0 Å². The summed E-state index contributed by atoms with van der Waals surface area (Å²) in [5, 5.41) is 24.9. The van der Waals surface area contributed by atoms with Gasteiger partial charge in [0.15, 0.2) is 0 Å². The standard InChI is InChI=1S/C31H38ClN3O3/c1-3-20-19-35-13-10-21(20)16-28(35)30(36)26-18-29(33-27-9-8-24(38-2)17-25(26)27)34-14-11-31(37,12-15-34)22-4-6-23(32)7-5-22/h4-9,17-18,20-21,28,30,36-37H,3,10-16,19H2,1-2H3/t20-,21+,28?,30+/m0/s1. The molecule has 0 saturated carbocycles. The summed E-state index contributed by atoms with van der Waals surface area (Å²) in [5.41, 5.74) is 1.81. The maximum absolute atomic E-state index is 11.9. The summed E-state index contributed by atoms with van der Waals surface area (Å²) >= 11 is 6.07. The highest BCUT2D eigenvalue weighted by atomic mass is 35.5. The fourth-order valence-electron chi connectivity index (χ4n) is 7.08. The fourth-order valence-corrected chi connectivity index (χ4v) is 7.21. The number of fused-ring (bicyclic) bond motifs is 4. The van der Waals surface area contributed by atoms with E-state index in [4.69, 9.17) is 21.3 Å². The third kappa shape index (κ3) is 4.66. The number of aliphatic hydroxyl groups is 2. The molecule has 0 amide bonds. The molecule has 4 fully saturated rings. The highest BCUT2D eigenvalue weighted by Gasteiger charge is 2.43. The van der Waals surface area contributed by atoms with E-state index in [0.717, 1.165) is 59.0 Å². The Kier molecular flexibility index (Phi) is 7.02. The van der Waals surface area contributed by atoms with E-state index in [0.29, 0.717) is 36.9 Å². The fraction of sp³-hybridized carbons (Fsp3) is 0.516. The number of nitrogens with zero attached hydrogens (tertiary/aromatic N) is 3. The van der Waals surface area contributed by atoms with Gasteiger partial charge >= 0.3 is 0 Å². The van der Waals surface area contributed by atoms with Crippen LogP contribution in [0.4, 0.5) is 5.82 Å². The minimum Gasteiger partial charge on any atom is -0.497 e. The second-order valence-electron chi connectivity index (χ2n) is 11.4. The molecule has 1 aromatic heterocycles. The largest absolute Gasteiger partial charge is 0.497 e. The van der Waals surface area contributed by atoms with E-state index >= 15 is 0 Å². The summed E-state index contributed by atoms with van der Waals surface area (Å²) in [6, 6.07) is 15.7. The molecule has 5 atom stereocenters. The SMILES string of the molecule is CC[C@H]1CN2CC[C@@H]1CC2[C@H](O)c1cc(N2CCC(O)(c3ccc(Cl)cc3)CC2)nc2ccc(OC)cc12. The Labute approximate surface area is 230 Å². The van der Waals surface area contributed by atoms with Gasteiger partial charge in [-0.1, -0.05) is 37.1 Å². The molecule has 38 heavy (non-hydrogen) atoms. The maximum atomic E-state index is 11.9. The molecule has 4 aliphatic heterocycles. The van der Waals surface area contributed by atoms with Crippen molar-refractivity contribution in [1.82, 2.24) is 9.88 Å². The third-order valence-corrected chi connectivity index (χ3v) is 9.73. The van der Waals surface area contributed by atoms with Crippen LogP contribution in [0.1, 0.15) is 56.3 Å². The molecule has 2 bridgehead atoms. The lowest BCUT2D eigenvalue weighted by Gasteiger charge is -2.51. The molecule has 3 aromatic rings. The highest BCUT2D eigenvalue weighted by molar-refractivity contribution is 6.30. The smallest absolute Gasteiger partial charge is 0.129 e. The summed E-state index contributed by atoms with van der Waals surface area (Å²) < 4.78 is 5.53. The summed E-state index contributed by atoms with van der Waals surface area (Å²) in [6.45, 7) is 5.80. The van der Waals surface area contributed by atoms with Crippen LogP contribution < -0.4 is 9.64 Å². The van der Waals surface area contributed by atoms with Gasteiger partial charge in [0.1, 0.15) is 11.6 Å². The minimum absolute atomic E-state index is 0.123. The number of halogens is 1. The number of hydrogen-bond acceptors (Lipinski definition) is 6. The van der Waals surface area contributed by atoms with Crippen LogP contribution in [0.5, 0.6) is 5.75 Å². The van der Waals surface area contributed by atoms with Crippen molar-refractivity contribution in [3.63, 3.8) is 0 Å². The van der Waals surface area contributed by atoms with Crippen LogP contribution in [0.25, 0.3) is 10.9 Å². The van der Waals surface area contributed by atoms with Crippen LogP contribution >= 0.6 is 11.6 Å². The summed E-state index contributed by atoms with van der Waals surface area (Å²) in [4.78, 5) is 9.77. The Morgan fingerprint density at radius 2 is 1.87 bits per heavy atom. The van der Waals surface area contributed by atoms with Gasteiger partial charge in [-0.2, -0.15) is 0 Å². The van der Waals surface area contributed by atoms with Gasteiger partial charge in [0.25, 0.3) is 0 Å². The lowest BCUT2D eigenvalue weighted by atomic mass is 9.72. The van der Waals surface area contributed by atoms with Gasteiger partial charge in [-0.05, 0) is 91.6 Å². The van der Waals surface area contributed by atoms with Crippen molar-refractivity contribution in [2.75, 3.05) is 38.2 Å². The lowest BCUT2D eigenvalue weighted by Crippen LogP contribution is -2.55. The molecule has 202 valence electrons. The number of piperidine rings is 4. The van der Waals surface area contributed by atoms with E-state index < -0.39 is 11.7 Å². The van der Waals surface area contributed by atoms with Crippen molar-refractivity contribution in [3.05, 3.63) is 64.7 Å². The molecule has 4 saturated heterocycles. The Balaban J connectivity index is 1.30. The van der Waals surface area contributed by atoms with Gasteiger partial charge in [-0.15, -0.1) is 0 Å². The van der Waals surface area contributed by atoms with E-state index in [1.165, 1.54) is 12.8 Å². The molecule has 4 aliphatic rings. The van der Waals surface area contributed by atoms with Crippen molar-refractivity contribution in [2.24, 2.45) is 11.8 Å². The first-order valence-electron chi connectivity index (χ1n) is 14.0. The zero-order valence-electron chi connectivity index (χ0n) is 22.3. The highest BCUT2D eigenvalue weighted by Crippen LogP contribution is 2.44. The van der Waals surface area contributed by atoms with E-state index in [2.05, 4.69) is 22.8 Å². The molecular formula is C31H38ClN3O3. The second kappa shape index (κ2) is 10.3. The monoisotopic (exact) mass is 535 g/mol. The number of methoxy groups -OCH3 is 1. The van der Waals surface area contributed by atoms with Crippen LogP contribution in [-0.2, 0) is 5.60 Å².